The Kier molecular flexibility index (Phi) is 4.24. The molecule has 20 heavy (non-hydrogen) atoms. The molecule has 0 amide bonds. The summed E-state index contributed by atoms with van der Waals surface area (Å²) in [6.07, 6.45) is 3.52. The van der Waals surface area contributed by atoms with Crippen LogP contribution in [0.3, 0.4) is 0 Å². The molecule has 1 saturated heterocycles. The van der Waals surface area contributed by atoms with Gasteiger partial charge < -0.3 is 9.64 Å². The van der Waals surface area contributed by atoms with Gasteiger partial charge in [-0.05, 0) is 23.8 Å². The lowest BCUT2D eigenvalue weighted by molar-refractivity contribution is 0.0398. The molecule has 2 heterocycles. The van der Waals surface area contributed by atoms with Gasteiger partial charge in [0.05, 0.1) is 17.3 Å². The number of rotatable bonds is 2. The number of anilines is 1. The van der Waals surface area contributed by atoms with Gasteiger partial charge in [0.2, 0.25) is 0 Å². The molecule has 0 aliphatic carbocycles. The number of pyridine rings is 1. The third kappa shape index (κ3) is 2.97. The van der Waals surface area contributed by atoms with Gasteiger partial charge in [-0.2, -0.15) is 0 Å². The molecule has 1 atom stereocenters. The summed E-state index contributed by atoms with van der Waals surface area (Å²) >= 11 is 9.67. The fourth-order valence-corrected chi connectivity index (χ4v) is 2.87. The monoisotopic (exact) mass is 352 g/mol. The van der Waals surface area contributed by atoms with Crippen LogP contribution in [0.15, 0.2) is 47.2 Å². The molecule has 5 heteroatoms. The van der Waals surface area contributed by atoms with Gasteiger partial charge in [-0.3, -0.25) is 4.98 Å². The molecule has 1 aliphatic heterocycles. The SMILES string of the molecule is Clc1cnccc1N1CCOC(c2ccc(Br)cc2)C1. The summed E-state index contributed by atoms with van der Waals surface area (Å²) in [6.45, 7) is 2.33. The van der Waals surface area contributed by atoms with Crippen LogP contribution in [0, 0.1) is 0 Å². The first-order valence-corrected chi connectivity index (χ1v) is 7.62. The van der Waals surface area contributed by atoms with E-state index in [1.54, 1.807) is 12.4 Å². The van der Waals surface area contributed by atoms with E-state index < -0.39 is 0 Å². The largest absolute Gasteiger partial charge is 0.370 e. The first-order chi connectivity index (χ1) is 9.74. The maximum Gasteiger partial charge on any atom is 0.100 e. The molecule has 3 rings (SSSR count). The van der Waals surface area contributed by atoms with Crippen molar-refractivity contribution in [3.05, 3.63) is 57.8 Å². The third-order valence-corrected chi connectivity index (χ3v) is 4.22. The van der Waals surface area contributed by atoms with Crippen molar-refractivity contribution >= 4 is 33.2 Å². The Morgan fingerprint density at radius 3 is 2.80 bits per heavy atom. The minimum atomic E-state index is 0.0704. The summed E-state index contributed by atoms with van der Waals surface area (Å²) in [5, 5.41) is 0.684. The molecule has 104 valence electrons. The van der Waals surface area contributed by atoms with Crippen molar-refractivity contribution in [3.8, 4) is 0 Å². The number of aromatic nitrogens is 1. The van der Waals surface area contributed by atoms with E-state index >= 15 is 0 Å². The lowest BCUT2D eigenvalue weighted by atomic mass is 10.1. The highest BCUT2D eigenvalue weighted by molar-refractivity contribution is 9.10. The van der Waals surface area contributed by atoms with E-state index in [9.17, 15) is 0 Å². The molecule has 1 aliphatic rings. The van der Waals surface area contributed by atoms with Crippen molar-refractivity contribution < 1.29 is 4.74 Å². The van der Waals surface area contributed by atoms with Gasteiger partial charge >= 0.3 is 0 Å². The zero-order valence-corrected chi connectivity index (χ0v) is 13.1. The second-order valence-corrected chi connectivity index (χ2v) is 6.01. The normalized spacial score (nSPS) is 19.1. The fourth-order valence-electron chi connectivity index (χ4n) is 2.37. The predicted molar refractivity (Wildman–Crippen MR) is 84.3 cm³/mol. The zero-order valence-electron chi connectivity index (χ0n) is 10.8. The van der Waals surface area contributed by atoms with Gasteiger partial charge in [-0.25, -0.2) is 0 Å². The van der Waals surface area contributed by atoms with E-state index in [-0.39, 0.29) is 6.10 Å². The molecular weight excluding hydrogens is 340 g/mol. The molecule has 2 aromatic rings. The van der Waals surface area contributed by atoms with Crippen LogP contribution >= 0.6 is 27.5 Å². The van der Waals surface area contributed by atoms with Crippen LogP contribution in [-0.4, -0.2) is 24.7 Å². The average Bonchev–Trinajstić information content (AvgIpc) is 2.49. The third-order valence-electron chi connectivity index (χ3n) is 3.40. The molecule has 0 bridgehead atoms. The highest BCUT2D eigenvalue weighted by atomic mass is 79.9. The van der Waals surface area contributed by atoms with Crippen molar-refractivity contribution in [2.75, 3.05) is 24.6 Å². The van der Waals surface area contributed by atoms with Crippen LogP contribution in [0.5, 0.6) is 0 Å². The second kappa shape index (κ2) is 6.12. The van der Waals surface area contributed by atoms with Crippen LogP contribution in [0.25, 0.3) is 0 Å². The van der Waals surface area contributed by atoms with Crippen molar-refractivity contribution in [1.29, 1.82) is 0 Å². The molecule has 0 saturated carbocycles. The van der Waals surface area contributed by atoms with Gasteiger partial charge in [0, 0.05) is 30.0 Å². The molecule has 0 spiro atoms. The van der Waals surface area contributed by atoms with Gasteiger partial charge in [-0.15, -0.1) is 0 Å². The van der Waals surface area contributed by atoms with Gasteiger partial charge in [0.15, 0.2) is 0 Å². The predicted octanol–water partition coefficient (Wildman–Crippen LogP) is 4.08. The van der Waals surface area contributed by atoms with Crippen LogP contribution in [-0.2, 0) is 4.74 Å². The Morgan fingerprint density at radius 1 is 1.25 bits per heavy atom. The summed E-state index contributed by atoms with van der Waals surface area (Å²) < 4.78 is 6.95. The molecule has 1 aromatic heterocycles. The fraction of sp³-hybridized carbons (Fsp3) is 0.267. The Labute approximate surface area is 131 Å². The Morgan fingerprint density at radius 2 is 2.05 bits per heavy atom. The van der Waals surface area contributed by atoms with E-state index in [4.69, 9.17) is 16.3 Å². The molecular formula is C15H14BrClN2O. The van der Waals surface area contributed by atoms with E-state index in [1.807, 2.05) is 18.2 Å². The van der Waals surface area contributed by atoms with Crippen molar-refractivity contribution in [3.63, 3.8) is 0 Å². The second-order valence-electron chi connectivity index (χ2n) is 4.68. The number of hydrogen-bond donors (Lipinski definition) is 0. The van der Waals surface area contributed by atoms with Crippen LogP contribution in [0.2, 0.25) is 5.02 Å². The summed E-state index contributed by atoms with van der Waals surface area (Å²) in [6, 6.07) is 10.2. The van der Waals surface area contributed by atoms with Crippen molar-refractivity contribution in [2.45, 2.75) is 6.10 Å². The van der Waals surface area contributed by atoms with Crippen LogP contribution in [0.1, 0.15) is 11.7 Å². The summed E-state index contributed by atoms with van der Waals surface area (Å²) in [5.74, 6) is 0. The van der Waals surface area contributed by atoms with Crippen LogP contribution in [0.4, 0.5) is 5.69 Å². The Bertz CT molecular complexity index is 591. The van der Waals surface area contributed by atoms with Crippen molar-refractivity contribution in [1.82, 2.24) is 4.98 Å². The highest BCUT2D eigenvalue weighted by Gasteiger charge is 2.23. The number of nitrogens with zero attached hydrogens (tertiary/aromatic N) is 2. The molecule has 1 unspecified atom stereocenters. The van der Waals surface area contributed by atoms with Gasteiger partial charge in [0.1, 0.15) is 6.10 Å². The first kappa shape index (κ1) is 13.9. The van der Waals surface area contributed by atoms with E-state index in [1.165, 1.54) is 5.56 Å². The van der Waals surface area contributed by atoms with E-state index in [0.717, 1.165) is 23.2 Å². The number of halogens is 2. The Balaban J connectivity index is 1.80. The lowest BCUT2D eigenvalue weighted by Crippen LogP contribution is -2.38. The summed E-state index contributed by atoms with van der Waals surface area (Å²) in [4.78, 5) is 6.28. The standard InChI is InChI=1S/C15H14BrClN2O/c16-12-3-1-11(2-4-12)15-10-19(7-8-20-15)14-5-6-18-9-13(14)17/h1-6,9,15H,7-8,10H2. The number of hydrogen-bond acceptors (Lipinski definition) is 3. The first-order valence-electron chi connectivity index (χ1n) is 6.45. The zero-order chi connectivity index (χ0) is 13.9. The summed E-state index contributed by atoms with van der Waals surface area (Å²) in [7, 11) is 0. The molecule has 3 nitrogen and oxygen atoms in total. The Hall–Kier alpha value is -1.10. The average molecular weight is 354 g/mol. The topological polar surface area (TPSA) is 25.4 Å². The van der Waals surface area contributed by atoms with Crippen molar-refractivity contribution in [2.24, 2.45) is 0 Å². The van der Waals surface area contributed by atoms with E-state index in [2.05, 4.69) is 37.9 Å². The summed E-state index contributed by atoms with van der Waals surface area (Å²) in [5.41, 5.74) is 2.20. The molecule has 0 N–H and O–H groups in total. The minimum absolute atomic E-state index is 0.0704. The van der Waals surface area contributed by atoms with E-state index in [0.29, 0.717) is 11.6 Å². The molecule has 0 radical (unpaired) electrons. The smallest absolute Gasteiger partial charge is 0.100 e. The maximum absolute atomic E-state index is 6.22. The number of benzene rings is 1. The maximum atomic E-state index is 6.22. The number of morpholine rings is 1. The van der Waals surface area contributed by atoms with Gasteiger partial charge in [0.25, 0.3) is 0 Å². The number of ether oxygens (including phenoxy) is 1. The minimum Gasteiger partial charge on any atom is -0.370 e. The highest BCUT2D eigenvalue weighted by Crippen LogP contribution is 2.30. The molecule has 1 aromatic carbocycles. The lowest BCUT2D eigenvalue weighted by Gasteiger charge is -2.35. The van der Waals surface area contributed by atoms with Crippen LogP contribution < -0.4 is 4.90 Å². The molecule has 1 fully saturated rings. The van der Waals surface area contributed by atoms with Gasteiger partial charge in [-0.1, -0.05) is 39.7 Å². The quantitative estimate of drug-likeness (QED) is 0.813.